The second kappa shape index (κ2) is 8.64. The minimum absolute atomic E-state index is 0.0837. The third-order valence-electron chi connectivity index (χ3n) is 3.77. The summed E-state index contributed by atoms with van der Waals surface area (Å²) in [7, 11) is 0. The predicted molar refractivity (Wildman–Crippen MR) is 105 cm³/mol. The van der Waals surface area contributed by atoms with Crippen LogP contribution < -0.4 is 4.74 Å². The van der Waals surface area contributed by atoms with Crippen molar-refractivity contribution in [3.05, 3.63) is 82.0 Å². The van der Waals surface area contributed by atoms with Crippen molar-refractivity contribution in [1.29, 1.82) is 0 Å². The van der Waals surface area contributed by atoms with Crippen molar-refractivity contribution < 1.29 is 9.66 Å². The van der Waals surface area contributed by atoms with Gasteiger partial charge in [-0.3, -0.25) is 10.1 Å². The molecule has 2 aromatic carbocycles. The minimum atomic E-state index is -0.403. The van der Waals surface area contributed by atoms with Gasteiger partial charge in [-0.05, 0) is 23.6 Å². The van der Waals surface area contributed by atoms with Crippen LogP contribution in [0, 0.1) is 10.1 Å². The number of para-hydroxylation sites is 1. The van der Waals surface area contributed by atoms with Crippen molar-refractivity contribution in [2.24, 2.45) is 0 Å². The summed E-state index contributed by atoms with van der Waals surface area (Å²) >= 11 is 1.47. The number of thioether (sulfide) groups is 1. The quantitative estimate of drug-likeness (QED) is 0.230. The van der Waals surface area contributed by atoms with Gasteiger partial charge in [-0.15, -0.1) is 0 Å². The summed E-state index contributed by atoms with van der Waals surface area (Å²) in [5.41, 5.74) is 1.96. The van der Waals surface area contributed by atoms with Crippen LogP contribution in [-0.4, -0.2) is 14.9 Å². The second-order valence-corrected chi connectivity index (χ2v) is 7.14. The lowest BCUT2D eigenvalue weighted by Gasteiger charge is -2.11. The number of nitro benzene ring substituents is 1. The van der Waals surface area contributed by atoms with Crippen molar-refractivity contribution in [2.75, 3.05) is 0 Å². The Bertz CT molecular complexity index is 916. The lowest BCUT2D eigenvalue weighted by Crippen LogP contribution is -1.99. The van der Waals surface area contributed by atoms with Crippen LogP contribution in [0.25, 0.3) is 0 Å². The van der Waals surface area contributed by atoms with E-state index in [0.29, 0.717) is 16.8 Å². The van der Waals surface area contributed by atoms with Gasteiger partial charge in [0.1, 0.15) is 5.75 Å². The number of hydrogen-bond donors (Lipinski definition) is 0. The van der Waals surface area contributed by atoms with Gasteiger partial charge in [0.05, 0.1) is 10.6 Å². The van der Waals surface area contributed by atoms with Gasteiger partial charge in [0.2, 0.25) is 5.88 Å². The number of non-ortho nitro benzene ring substituents is 1. The van der Waals surface area contributed by atoms with E-state index in [-0.39, 0.29) is 11.6 Å². The molecule has 7 heteroatoms. The fourth-order valence-corrected chi connectivity index (χ4v) is 3.12. The molecule has 0 N–H and O–H groups in total. The average molecular weight is 381 g/mol. The molecule has 0 amide bonds. The molecule has 0 fully saturated rings. The molecule has 138 valence electrons. The maximum absolute atomic E-state index is 10.7. The largest absolute Gasteiger partial charge is 0.439 e. The van der Waals surface area contributed by atoms with Gasteiger partial charge >= 0.3 is 0 Å². The number of ether oxygens (including phenoxy) is 1. The Kier molecular flexibility index (Phi) is 6.03. The van der Waals surface area contributed by atoms with Crippen LogP contribution >= 0.6 is 11.8 Å². The highest BCUT2D eigenvalue weighted by atomic mass is 32.2. The van der Waals surface area contributed by atoms with Crippen molar-refractivity contribution in [3.63, 3.8) is 0 Å². The topological polar surface area (TPSA) is 78.2 Å². The molecular weight excluding hydrogens is 362 g/mol. The number of aromatic nitrogens is 2. The van der Waals surface area contributed by atoms with Crippen LogP contribution in [0.3, 0.4) is 0 Å². The molecule has 3 rings (SSSR count). The zero-order valence-electron chi connectivity index (χ0n) is 15.0. The molecule has 0 spiro atoms. The second-order valence-electron chi connectivity index (χ2n) is 6.20. The Balaban J connectivity index is 1.76. The van der Waals surface area contributed by atoms with Gasteiger partial charge in [-0.25, -0.2) is 4.98 Å². The Hall–Kier alpha value is -2.93. The summed E-state index contributed by atoms with van der Waals surface area (Å²) in [5.74, 6) is 2.08. The first kappa shape index (κ1) is 18.8. The molecule has 0 aliphatic carbocycles. The lowest BCUT2D eigenvalue weighted by molar-refractivity contribution is -0.384. The van der Waals surface area contributed by atoms with Gasteiger partial charge < -0.3 is 4.74 Å². The Morgan fingerprint density at radius 3 is 2.41 bits per heavy atom. The first-order valence-corrected chi connectivity index (χ1v) is 9.48. The van der Waals surface area contributed by atoms with E-state index in [2.05, 4.69) is 23.8 Å². The van der Waals surface area contributed by atoms with E-state index in [9.17, 15) is 10.1 Å². The smallest absolute Gasteiger partial charge is 0.269 e. The predicted octanol–water partition coefficient (Wildman–Crippen LogP) is 5.59. The van der Waals surface area contributed by atoms with Gasteiger partial charge in [-0.1, -0.05) is 55.9 Å². The summed E-state index contributed by atoms with van der Waals surface area (Å²) in [6.45, 7) is 4.14. The molecule has 3 aromatic rings. The molecule has 0 atom stereocenters. The molecule has 0 unspecified atom stereocenters. The number of nitrogens with zero attached hydrogens (tertiary/aromatic N) is 3. The summed E-state index contributed by atoms with van der Waals surface area (Å²) in [6.07, 6.45) is 0. The third kappa shape index (κ3) is 5.27. The van der Waals surface area contributed by atoms with E-state index in [1.807, 2.05) is 36.4 Å². The highest BCUT2D eigenvalue weighted by Crippen LogP contribution is 2.27. The number of nitro groups is 1. The number of rotatable bonds is 7. The molecule has 0 radical (unpaired) electrons. The molecule has 0 aliphatic rings. The molecule has 27 heavy (non-hydrogen) atoms. The molecule has 6 nitrogen and oxygen atoms in total. The third-order valence-corrected chi connectivity index (χ3v) is 4.69. The number of benzene rings is 2. The summed E-state index contributed by atoms with van der Waals surface area (Å²) in [4.78, 5) is 19.4. The summed E-state index contributed by atoms with van der Waals surface area (Å²) in [5, 5.41) is 11.4. The van der Waals surface area contributed by atoms with E-state index < -0.39 is 4.92 Å². The fourth-order valence-electron chi connectivity index (χ4n) is 2.30. The van der Waals surface area contributed by atoms with Crippen LogP contribution in [0.2, 0.25) is 0 Å². The normalized spacial score (nSPS) is 10.8. The molecule has 1 heterocycles. The van der Waals surface area contributed by atoms with Gasteiger partial charge in [0.15, 0.2) is 5.16 Å². The van der Waals surface area contributed by atoms with Gasteiger partial charge in [0.25, 0.3) is 5.69 Å². The average Bonchev–Trinajstić information content (AvgIpc) is 2.67. The van der Waals surface area contributed by atoms with Crippen LogP contribution in [0.4, 0.5) is 5.69 Å². The Morgan fingerprint density at radius 2 is 1.78 bits per heavy atom. The standard InChI is InChI=1S/C20H19N3O3S/c1-14(2)18-12-19(26-17-6-4-3-5-7-17)22-20(21-18)27-13-15-8-10-16(11-9-15)23(24)25/h3-12,14H,13H2,1-2H3. The van der Waals surface area contributed by atoms with Crippen LogP contribution in [0.15, 0.2) is 65.8 Å². The first-order valence-electron chi connectivity index (χ1n) is 8.49. The van der Waals surface area contributed by atoms with Gasteiger partial charge in [0, 0.05) is 24.0 Å². The van der Waals surface area contributed by atoms with E-state index in [4.69, 9.17) is 4.74 Å². The Morgan fingerprint density at radius 1 is 1.07 bits per heavy atom. The molecule has 0 bridgehead atoms. The SMILES string of the molecule is CC(C)c1cc(Oc2ccccc2)nc(SCc2ccc([N+](=O)[O-])cc2)n1. The summed E-state index contributed by atoms with van der Waals surface area (Å²) in [6, 6.07) is 17.9. The zero-order valence-corrected chi connectivity index (χ0v) is 15.8. The van der Waals surface area contributed by atoms with Crippen molar-refractivity contribution in [2.45, 2.75) is 30.7 Å². The van der Waals surface area contributed by atoms with E-state index in [1.54, 1.807) is 12.1 Å². The van der Waals surface area contributed by atoms with Crippen molar-refractivity contribution in [1.82, 2.24) is 9.97 Å². The van der Waals surface area contributed by atoms with Crippen molar-refractivity contribution in [3.8, 4) is 11.6 Å². The van der Waals surface area contributed by atoms with Crippen LogP contribution in [0.1, 0.15) is 31.0 Å². The molecule has 0 saturated heterocycles. The molecular formula is C20H19N3O3S. The first-order chi connectivity index (χ1) is 13.0. The molecule has 1 aromatic heterocycles. The summed E-state index contributed by atoms with van der Waals surface area (Å²) < 4.78 is 5.86. The van der Waals surface area contributed by atoms with E-state index in [1.165, 1.54) is 23.9 Å². The number of hydrogen-bond acceptors (Lipinski definition) is 6. The monoisotopic (exact) mass is 381 g/mol. The highest BCUT2D eigenvalue weighted by molar-refractivity contribution is 7.98. The van der Waals surface area contributed by atoms with Crippen molar-refractivity contribution >= 4 is 17.4 Å². The fraction of sp³-hybridized carbons (Fsp3) is 0.200. The lowest BCUT2D eigenvalue weighted by atomic mass is 10.1. The van der Waals surface area contributed by atoms with E-state index >= 15 is 0 Å². The Labute approximate surface area is 161 Å². The zero-order chi connectivity index (χ0) is 19.2. The minimum Gasteiger partial charge on any atom is -0.439 e. The highest BCUT2D eigenvalue weighted by Gasteiger charge is 2.11. The maximum Gasteiger partial charge on any atom is 0.269 e. The molecule has 0 aliphatic heterocycles. The van der Waals surface area contributed by atoms with Crippen LogP contribution in [-0.2, 0) is 5.75 Å². The maximum atomic E-state index is 10.7. The van der Waals surface area contributed by atoms with E-state index in [0.717, 1.165) is 17.0 Å². The molecule has 0 saturated carbocycles. The van der Waals surface area contributed by atoms with Gasteiger partial charge in [-0.2, -0.15) is 4.98 Å². The van der Waals surface area contributed by atoms with Crippen LogP contribution in [0.5, 0.6) is 11.6 Å².